The summed E-state index contributed by atoms with van der Waals surface area (Å²) >= 11 is 0. The summed E-state index contributed by atoms with van der Waals surface area (Å²) in [5.41, 5.74) is 1.08. The van der Waals surface area contributed by atoms with E-state index in [1.807, 2.05) is 0 Å². The van der Waals surface area contributed by atoms with Crippen molar-refractivity contribution in [3.05, 3.63) is 35.4 Å². The van der Waals surface area contributed by atoms with E-state index < -0.39 is 0 Å². The number of rotatable bonds is 2. The van der Waals surface area contributed by atoms with Gasteiger partial charge >= 0.3 is 0 Å². The molecule has 2 aliphatic carbocycles. The van der Waals surface area contributed by atoms with Crippen molar-refractivity contribution >= 4 is 18.0 Å². The number of hydrogen-bond donors (Lipinski definition) is 1. The largest absolute Gasteiger partial charge is 0.313 e. The molecule has 4 heteroatoms. The molecule has 96 valence electrons. The molecule has 2 amide bonds. The molecule has 2 saturated carbocycles. The van der Waals surface area contributed by atoms with Gasteiger partial charge in [-0.05, 0) is 48.9 Å². The lowest BCUT2D eigenvalue weighted by molar-refractivity contribution is 0.0576. The summed E-state index contributed by atoms with van der Waals surface area (Å²) in [4.78, 5) is 26.1. The van der Waals surface area contributed by atoms with Gasteiger partial charge in [-0.1, -0.05) is 12.1 Å². The van der Waals surface area contributed by atoms with Gasteiger partial charge in [0, 0.05) is 6.04 Å². The summed E-state index contributed by atoms with van der Waals surface area (Å²) in [6.45, 7) is 0. The molecule has 0 spiro atoms. The highest BCUT2D eigenvalue weighted by Gasteiger charge is 2.58. The normalized spacial score (nSPS) is 35.3. The van der Waals surface area contributed by atoms with Crippen molar-refractivity contribution in [3.8, 4) is 0 Å². The maximum atomic E-state index is 12.3. The number of hydrogen-bond acceptors (Lipinski definition) is 3. The zero-order chi connectivity index (χ0) is 13.1. The Morgan fingerprint density at radius 1 is 1.05 bits per heavy atom. The molecule has 1 N–H and O–H groups in total. The van der Waals surface area contributed by atoms with Gasteiger partial charge in [-0.15, -0.1) is 0 Å². The number of carbonyl (C=O) groups excluding carboxylic acids is 2. The third-order valence-corrected chi connectivity index (χ3v) is 4.87. The Hall–Kier alpha value is -1.97. The Labute approximate surface area is 110 Å². The van der Waals surface area contributed by atoms with Crippen LogP contribution in [-0.4, -0.2) is 29.0 Å². The van der Waals surface area contributed by atoms with Crippen molar-refractivity contribution in [2.24, 2.45) is 17.8 Å². The van der Waals surface area contributed by atoms with Gasteiger partial charge in [0.2, 0.25) is 0 Å². The lowest BCUT2D eigenvalue weighted by Gasteiger charge is -2.23. The van der Waals surface area contributed by atoms with Crippen LogP contribution in [0.3, 0.4) is 0 Å². The summed E-state index contributed by atoms with van der Waals surface area (Å²) in [5.74, 6) is 1.15. The molecule has 1 aliphatic heterocycles. The lowest BCUT2D eigenvalue weighted by Crippen LogP contribution is -2.39. The minimum atomic E-state index is -0.140. The van der Waals surface area contributed by atoms with Gasteiger partial charge in [0.15, 0.2) is 0 Å². The molecule has 0 radical (unpaired) electrons. The molecular weight excluding hydrogens is 240 g/mol. The van der Waals surface area contributed by atoms with Gasteiger partial charge < -0.3 is 5.41 Å². The maximum Gasteiger partial charge on any atom is 0.261 e. The van der Waals surface area contributed by atoms with Crippen LogP contribution in [0.15, 0.2) is 24.3 Å². The van der Waals surface area contributed by atoms with Crippen LogP contribution in [0, 0.1) is 23.2 Å². The predicted octanol–water partition coefficient (Wildman–Crippen LogP) is 1.96. The molecule has 1 heterocycles. The van der Waals surface area contributed by atoms with Crippen molar-refractivity contribution in [1.29, 1.82) is 5.41 Å². The third kappa shape index (κ3) is 1.31. The molecule has 3 aliphatic rings. The van der Waals surface area contributed by atoms with Crippen LogP contribution in [0.25, 0.3) is 0 Å². The highest BCUT2D eigenvalue weighted by molar-refractivity contribution is 6.21. The van der Waals surface area contributed by atoms with Crippen molar-refractivity contribution in [2.75, 3.05) is 0 Å². The van der Waals surface area contributed by atoms with E-state index in [0.717, 1.165) is 12.8 Å². The van der Waals surface area contributed by atoms with Crippen LogP contribution in [0.4, 0.5) is 0 Å². The molecule has 2 fully saturated rings. The Balaban J connectivity index is 1.61. The fraction of sp³-hybridized carbons (Fsp3) is 0.400. The van der Waals surface area contributed by atoms with E-state index in [0.29, 0.717) is 28.9 Å². The van der Waals surface area contributed by atoms with Gasteiger partial charge in [0.05, 0.1) is 11.1 Å². The van der Waals surface area contributed by atoms with Crippen LogP contribution in [0.5, 0.6) is 0 Å². The van der Waals surface area contributed by atoms with Crippen molar-refractivity contribution in [1.82, 2.24) is 4.90 Å². The number of nitrogens with one attached hydrogen (secondary N) is 1. The first-order chi connectivity index (χ1) is 9.22. The first-order valence-electron chi connectivity index (χ1n) is 6.70. The average molecular weight is 254 g/mol. The van der Waals surface area contributed by atoms with Gasteiger partial charge in [-0.25, -0.2) is 0 Å². The van der Waals surface area contributed by atoms with E-state index >= 15 is 0 Å². The van der Waals surface area contributed by atoms with Crippen LogP contribution in [0.2, 0.25) is 0 Å². The predicted molar refractivity (Wildman–Crippen MR) is 69.2 cm³/mol. The molecular formula is C15H14N2O2. The van der Waals surface area contributed by atoms with Crippen molar-refractivity contribution in [3.63, 3.8) is 0 Å². The summed E-state index contributed by atoms with van der Waals surface area (Å²) in [7, 11) is 0. The molecule has 1 aromatic carbocycles. The Kier molecular flexibility index (Phi) is 2.03. The highest BCUT2D eigenvalue weighted by atomic mass is 16.2. The highest BCUT2D eigenvalue weighted by Crippen LogP contribution is 2.57. The van der Waals surface area contributed by atoms with Crippen LogP contribution in [-0.2, 0) is 0 Å². The Bertz CT molecular complexity index is 563. The van der Waals surface area contributed by atoms with E-state index in [9.17, 15) is 9.59 Å². The molecule has 19 heavy (non-hydrogen) atoms. The van der Waals surface area contributed by atoms with Crippen LogP contribution >= 0.6 is 0 Å². The van der Waals surface area contributed by atoms with Gasteiger partial charge in [0.25, 0.3) is 11.8 Å². The molecule has 1 aromatic rings. The summed E-state index contributed by atoms with van der Waals surface area (Å²) < 4.78 is 0. The fourth-order valence-electron chi connectivity index (χ4n) is 3.86. The van der Waals surface area contributed by atoms with Crippen molar-refractivity contribution in [2.45, 2.75) is 18.9 Å². The molecule has 4 rings (SSSR count). The van der Waals surface area contributed by atoms with E-state index in [2.05, 4.69) is 0 Å². The molecule has 4 atom stereocenters. The number of benzene rings is 1. The summed E-state index contributed by atoms with van der Waals surface area (Å²) in [6, 6.07) is 7.09. The quantitative estimate of drug-likeness (QED) is 0.647. The average Bonchev–Trinajstić information content (AvgIpc) is 2.77. The second-order valence-corrected chi connectivity index (χ2v) is 5.72. The second kappa shape index (κ2) is 3.53. The minimum absolute atomic E-state index is 0.0404. The van der Waals surface area contributed by atoms with Gasteiger partial charge in [-0.3, -0.25) is 14.5 Å². The maximum absolute atomic E-state index is 12.3. The van der Waals surface area contributed by atoms with Gasteiger partial charge in [-0.2, -0.15) is 0 Å². The smallest absolute Gasteiger partial charge is 0.261 e. The molecule has 0 aromatic heterocycles. The standard InChI is InChI=1S/C15H14N2O2/c16-7-13-11-5-8(6-12(11)13)17-14(18)9-3-1-2-4-10(9)15(17)19/h1-4,7-8,11-13,16H,5-6H2/t8-,11-,12+,13+. The second-order valence-electron chi connectivity index (χ2n) is 5.72. The fourth-order valence-corrected chi connectivity index (χ4v) is 3.86. The number of nitrogens with zero attached hydrogens (tertiary/aromatic N) is 1. The summed E-state index contributed by atoms with van der Waals surface area (Å²) in [6.07, 6.45) is 3.26. The molecule has 0 bridgehead atoms. The molecule has 0 unspecified atom stereocenters. The Morgan fingerprint density at radius 2 is 1.58 bits per heavy atom. The number of amides is 2. The zero-order valence-corrected chi connectivity index (χ0v) is 10.4. The van der Waals surface area contributed by atoms with Gasteiger partial charge in [0.1, 0.15) is 0 Å². The summed E-state index contributed by atoms with van der Waals surface area (Å²) in [5, 5.41) is 7.31. The van der Waals surface area contributed by atoms with Crippen LogP contribution < -0.4 is 0 Å². The zero-order valence-electron chi connectivity index (χ0n) is 10.4. The van der Waals surface area contributed by atoms with E-state index in [4.69, 9.17) is 5.41 Å². The molecule has 4 nitrogen and oxygen atoms in total. The molecule has 0 saturated heterocycles. The minimum Gasteiger partial charge on any atom is -0.313 e. The lowest BCUT2D eigenvalue weighted by atomic mass is 10.1. The van der Waals surface area contributed by atoms with E-state index in [-0.39, 0.29) is 17.9 Å². The van der Waals surface area contributed by atoms with Crippen molar-refractivity contribution < 1.29 is 9.59 Å². The van der Waals surface area contributed by atoms with E-state index in [1.54, 1.807) is 24.3 Å². The first kappa shape index (κ1) is 10.9. The third-order valence-electron chi connectivity index (χ3n) is 4.87. The topological polar surface area (TPSA) is 61.2 Å². The number of fused-ring (bicyclic) bond motifs is 2. The van der Waals surface area contributed by atoms with E-state index in [1.165, 1.54) is 11.1 Å². The number of imide groups is 1. The van der Waals surface area contributed by atoms with Crippen LogP contribution in [0.1, 0.15) is 33.6 Å². The SMILES string of the molecule is N=C[C@@H]1[C@H]2C[C@H](N3C(=O)c4ccccc4C3=O)C[C@@H]12. The first-order valence-corrected chi connectivity index (χ1v) is 6.70. The number of carbonyl (C=O) groups is 2. The Morgan fingerprint density at radius 3 is 2.05 bits per heavy atom. The monoisotopic (exact) mass is 254 g/mol.